The topological polar surface area (TPSA) is 99.2 Å². The Labute approximate surface area is 177 Å². The molecule has 4 heterocycles. The van der Waals surface area contributed by atoms with Gasteiger partial charge in [-0.25, -0.2) is 0 Å². The van der Waals surface area contributed by atoms with Crippen molar-refractivity contribution in [1.29, 1.82) is 0 Å². The average molecular weight is 410 g/mol. The van der Waals surface area contributed by atoms with Gasteiger partial charge in [-0.3, -0.25) is 19.6 Å². The highest BCUT2D eigenvalue weighted by Gasteiger charge is 2.46. The number of amides is 1. The van der Waals surface area contributed by atoms with E-state index in [0.717, 1.165) is 16.5 Å². The first-order chi connectivity index (χ1) is 15.1. The van der Waals surface area contributed by atoms with Gasteiger partial charge in [-0.1, -0.05) is 30.3 Å². The molecule has 1 unspecified atom stereocenters. The Bertz CT molecular complexity index is 1310. The zero-order valence-electron chi connectivity index (χ0n) is 16.4. The molecule has 0 spiro atoms. The minimum atomic E-state index is -0.810. The predicted octanol–water partition coefficient (Wildman–Crippen LogP) is 3.58. The van der Waals surface area contributed by atoms with E-state index in [4.69, 9.17) is 0 Å². The number of para-hydroxylation sites is 1. The Hall–Kier alpha value is -4.26. The summed E-state index contributed by atoms with van der Waals surface area (Å²) in [7, 11) is 0. The van der Waals surface area contributed by atoms with E-state index in [-0.39, 0.29) is 17.9 Å². The number of carbonyl (C=O) groups excluding carboxylic acids is 2. The highest BCUT2D eigenvalue weighted by molar-refractivity contribution is 6.46. The van der Waals surface area contributed by atoms with E-state index < -0.39 is 17.7 Å². The number of aliphatic hydroxyl groups excluding tert-OH is 1. The first-order valence-electron chi connectivity index (χ1n) is 9.80. The third kappa shape index (κ3) is 3.16. The second-order valence-corrected chi connectivity index (χ2v) is 7.29. The molecule has 0 saturated carbocycles. The number of aromatic nitrogens is 3. The minimum absolute atomic E-state index is 0.0253. The number of rotatable bonds is 4. The number of carbonyl (C=O) groups is 2. The Morgan fingerprint density at radius 1 is 1.03 bits per heavy atom. The molecule has 7 heteroatoms. The summed E-state index contributed by atoms with van der Waals surface area (Å²) < 4.78 is 0. The lowest BCUT2D eigenvalue weighted by Crippen LogP contribution is -2.29. The summed E-state index contributed by atoms with van der Waals surface area (Å²) in [5.41, 5.74) is 2.60. The second-order valence-electron chi connectivity index (χ2n) is 7.29. The number of likely N-dealkylation sites (tertiary alicyclic amines) is 1. The molecule has 1 aromatic carbocycles. The fraction of sp³-hybridized carbons (Fsp3) is 0.0833. The number of aliphatic hydroxyl groups is 1. The van der Waals surface area contributed by atoms with Crippen LogP contribution >= 0.6 is 0 Å². The highest BCUT2D eigenvalue weighted by Crippen LogP contribution is 2.40. The number of nitrogens with one attached hydrogen (secondary N) is 1. The maximum Gasteiger partial charge on any atom is 0.296 e. The molecule has 0 aliphatic carbocycles. The number of Topliss-reactive ketones (excluding diaryl/α,β-unsaturated/α-hetero) is 1. The number of aromatic amines is 1. The van der Waals surface area contributed by atoms with Crippen LogP contribution in [0.5, 0.6) is 0 Å². The molecule has 1 atom stereocenters. The molecular weight excluding hydrogens is 392 g/mol. The van der Waals surface area contributed by atoms with Gasteiger partial charge in [-0.2, -0.15) is 0 Å². The lowest BCUT2D eigenvalue weighted by atomic mass is 9.98. The summed E-state index contributed by atoms with van der Waals surface area (Å²) >= 11 is 0. The summed E-state index contributed by atoms with van der Waals surface area (Å²) in [5, 5.41) is 12.0. The molecule has 31 heavy (non-hydrogen) atoms. The molecular formula is C24H18N4O3. The molecule has 1 saturated heterocycles. The third-order valence-electron chi connectivity index (χ3n) is 5.43. The Kier molecular flexibility index (Phi) is 4.55. The van der Waals surface area contributed by atoms with E-state index in [1.54, 1.807) is 49.1 Å². The SMILES string of the molecule is O=C1C(=O)N(Cc2cccnc2)C(c2ccccn2)/C1=C(/O)c1c[nH]c2ccccc12. The number of benzene rings is 1. The van der Waals surface area contributed by atoms with Gasteiger partial charge in [0.15, 0.2) is 0 Å². The van der Waals surface area contributed by atoms with Crippen molar-refractivity contribution in [2.75, 3.05) is 0 Å². The molecule has 4 aromatic rings. The number of ketones is 1. The summed E-state index contributed by atoms with van der Waals surface area (Å²) in [6.45, 7) is 0.171. The van der Waals surface area contributed by atoms with E-state index in [2.05, 4.69) is 15.0 Å². The molecule has 5 rings (SSSR count). The highest BCUT2D eigenvalue weighted by atomic mass is 16.3. The van der Waals surface area contributed by atoms with Gasteiger partial charge in [0.1, 0.15) is 11.8 Å². The van der Waals surface area contributed by atoms with Crippen molar-refractivity contribution in [1.82, 2.24) is 19.9 Å². The zero-order valence-corrected chi connectivity index (χ0v) is 16.4. The molecule has 1 aliphatic rings. The number of hydrogen-bond donors (Lipinski definition) is 2. The maximum atomic E-state index is 13.1. The van der Waals surface area contributed by atoms with Crippen molar-refractivity contribution in [3.8, 4) is 0 Å². The van der Waals surface area contributed by atoms with Crippen molar-refractivity contribution in [2.45, 2.75) is 12.6 Å². The summed E-state index contributed by atoms with van der Waals surface area (Å²) in [4.78, 5) is 39.1. The Morgan fingerprint density at radius 2 is 1.87 bits per heavy atom. The van der Waals surface area contributed by atoms with E-state index in [0.29, 0.717) is 11.3 Å². The monoisotopic (exact) mass is 410 g/mol. The van der Waals surface area contributed by atoms with Gasteiger partial charge in [-0.05, 0) is 29.8 Å². The normalized spacial score (nSPS) is 18.1. The number of fused-ring (bicyclic) bond motifs is 1. The van der Waals surface area contributed by atoms with Gasteiger partial charge >= 0.3 is 0 Å². The zero-order chi connectivity index (χ0) is 21.4. The maximum absolute atomic E-state index is 13.1. The minimum Gasteiger partial charge on any atom is -0.507 e. The molecule has 1 fully saturated rings. The predicted molar refractivity (Wildman–Crippen MR) is 115 cm³/mol. The average Bonchev–Trinajstić information content (AvgIpc) is 3.35. The van der Waals surface area contributed by atoms with Crippen LogP contribution in [-0.4, -0.2) is 36.6 Å². The number of nitrogens with zero attached hydrogens (tertiary/aromatic N) is 3. The van der Waals surface area contributed by atoms with Gasteiger partial charge in [0, 0.05) is 47.8 Å². The first-order valence-corrected chi connectivity index (χ1v) is 9.80. The van der Waals surface area contributed by atoms with Crippen LogP contribution < -0.4 is 0 Å². The lowest BCUT2D eigenvalue weighted by Gasteiger charge is -2.24. The van der Waals surface area contributed by atoms with E-state index in [1.807, 2.05) is 30.3 Å². The van der Waals surface area contributed by atoms with Crippen LogP contribution in [0.4, 0.5) is 0 Å². The van der Waals surface area contributed by atoms with Crippen molar-refractivity contribution in [3.05, 3.63) is 102 Å². The van der Waals surface area contributed by atoms with Crippen LogP contribution in [0.3, 0.4) is 0 Å². The van der Waals surface area contributed by atoms with Crippen LogP contribution in [0.2, 0.25) is 0 Å². The van der Waals surface area contributed by atoms with Crippen LogP contribution in [0, 0.1) is 0 Å². The standard InChI is InChI=1S/C24H18N4O3/c29-22(17-13-27-18-8-2-1-7-16(17)18)20-21(19-9-3-4-11-26-19)28(24(31)23(20)30)14-15-6-5-10-25-12-15/h1-13,21,27,29H,14H2/b22-20-. The summed E-state index contributed by atoms with van der Waals surface area (Å²) in [6, 6.07) is 15.5. The lowest BCUT2D eigenvalue weighted by molar-refractivity contribution is -0.140. The van der Waals surface area contributed by atoms with Gasteiger partial charge < -0.3 is 15.0 Å². The fourth-order valence-electron chi connectivity index (χ4n) is 3.99. The van der Waals surface area contributed by atoms with Crippen LogP contribution in [0.15, 0.2) is 85.0 Å². The molecule has 0 bridgehead atoms. The van der Waals surface area contributed by atoms with Crippen LogP contribution in [-0.2, 0) is 16.1 Å². The van der Waals surface area contributed by atoms with E-state index >= 15 is 0 Å². The number of hydrogen-bond acceptors (Lipinski definition) is 5. The summed E-state index contributed by atoms with van der Waals surface area (Å²) in [5.74, 6) is -1.64. The largest absolute Gasteiger partial charge is 0.507 e. The Balaban J connectivity index is 1.68. The third-order valence-corrected chi connectivity index (χ3v) is 5.43. The van der Waals surface area contributed by atoms with Gasteiger partial charge in [0.25, 0.3) is 11.7 Å². The van der Waals surface area contributed by atoms with Gasteiger partial charge in [-0.15, -0.1) is 0 Å². The molecule has 3 aromatic heterocycles. The van der Waals surface area contributed by atoms with Gasteiger partial charge in [0.05, 0.1) is 11.3 Å². The van der Waals surface area contributed by atoms with Crippen molar-refractivity contribution in [2.24, 2.45) is 0 Å². The van der Waals surface area contributed by atoms with E-state index in [9.17, 15) is 14.7 Å². The molecule has 1 amide bonds. The van der Waals surface area contributed by atoms with Crippen molar-refractivity contribution >= 4 is 28.4 Å². The summed E-state index contributed by atoms with van der Waals surface area (Å²) in [6.07, 6.45) is 6.54. The van der Waals surface area contributed by atoms with Gasteiger partial charge in [0.2, 0.25) is 0 Å². The number of pyridine rings is 2. The molecule has 2 N–H and O–H groups in total. The molecule has 1 aliphatic heterocycles. The number of H-pyrrole nitrogens is 1. The second kappa shape index (κ2) is 7.53. The molecule has 152 valence electrons. The van der Waals surface area contributed by atoms with Crippen molar-refractivity contribution < 1.29 is 14.7 Å². The van der Waals surface area contributed by atoms with E-state index in [1.165, 1.54) is 4.90 Å². The fourth-order valence-corrected chi connectivity index (χ4v) is 3.99. The van der Waals surface area contributed by atoms with Crippen molar-refractivity contribution in [3.63, 3.8) is 0 Å². The van der Waals surface area contributed by atoms with Crippen LogP contribution in [0.25, 0.3) is 16.7 Å². The van der Waals surface area contributed by atoms with Crippen LogP contribution in [0.1, 0.15) is 22.9 Å². The quantitative estimate of drug-likeness (QED) is 0.304. The smallest absolute Gasteiger partial charge is 0.296 e. The first kappa shape index (κ1) is 18.7. The molecule has 7 nitrogen and oxygen atoms in total. The molecule has 0 radical (unpaired) electrons. The Morgan fingerprint density at radius 3 is 2.65 bits per heavy atom.